The van der Waals surface area contributed by atoms with E-state index >= 15 is 0 Å². The van der Waals surface area contributed by atoms with E-state index in [1.807, 2.05) is 0 Å². The van der Waals surface area contributed by atoms with Gasteiger partial charge in [0.15, 0.2) is 5.65 Å². The molecule has 0 aliphatic heterocycles. The minimum absolute atomic E-state index is 0.293. The fourth-order valence-corrected chi connectivity index (χ4v) is 2.00. The Morgan fingerprint density at radius 2 is 1.89 bits per heavy atom. The highest BCUT2D eigenvalue weighted by molar-refractivity contribution is 6.33. The summed E-state index contributed by atoms with van der Waals surface area (Å²) >= 11 is 6.02. The highest BCUT2D eigenvalue weighted by atomic mass is 35.5. The standard InChI is InChI=1S/C12H8ClFN4/c1-7-16-11(13)10-6-15-18(12(10)17-7)9-4-2-8(14)3-5-9/h2-6H,1H3. The Bertz CT molecular complexity index is 721. The van der Waals surface area contributed by atoms with Gasteiger partial charge in [-0.2, -0.15) is 5.10 Å². The van der Waals surface area contributed by atoms with Gasteiger partial charge in [0.1, 0.15) is 16.8 Å². The van der Waals surface area contributed by atoms with Crippen LogP contribution in [0.1, 0.15) is 5.82 Å². The van der Waals surface area contributed by atoms with Gasteiger partial charge in [-0.25, -0.2) is 19.0 Å². The van der Waals surface area contributed by atoms with E-state index in [0.29, 0.717) is 22.0 Å². The number of benzene rings is 1. The van der Waals surface area contributed by atoms with Crippen molar-refractivity contribution < 1.29 is 4.39 Å². The second-order valence-electron chi connectivity index (χ2n) is 3.83. The van der Waals surface area contributed by atoms with Gasteiger partial charge in [-0.3, -0.25) is 0 Å². The lowest BCUT2D eigenvalue weighted by Gasteiger charge is -2.03. The van der Waals surface area contributed by atoms with Gasteiger partial charge in [0, 0.05) is 0 Å². The molecule has 0 saturated carbocycles. The zero-order chi connectivity index (χ0) is 12.7. The van der Waals surface area contributed by atoms with Crippen LogP contribution in [0.3, 0.4) is 0 Å². The fraction of sp³-hybridized carbons (Fsp3) is 0.0833. The van der Waals surface area contributed by atoms with Gasteiger partial charge < -0.3 is 0 Å². The molecule has 6 heteroatoms. The molecule has 0 radical (unpaired) electrons. The van der Waals surface area contributed by atoms with Crippen molar-refractivity contribution >= 4 is 22.6 Å². The Morgan fingerprint density at radius 1 is 1.17 bits per heavy atom. The predicted molar refractivity (Wildman–Crippen MR) is 66.4 cm³/mol. The number of fused-ring (bicyclic) bond motifs is 1. The number of halogens is 2. The van der Waals surface area contributed by atoms with Crippen LogP contribution < -0.4 is 0 Å². The van der Waals surface area contributed by atoms with Gasteiger partial charge in [0.2, 0.25) is 0 Å². The van der Waals surface area contributed by atoms with Gasteiger partial charge in [-0.1, -0.05) is 11.6 Å². The molecule has 0 N–H and O–H groups in total. The maximum Gasteiger partial charge on any atom is 0.168 e. The van der Waals surface area contributed by atoms with Crippen molar-refractivity contribution in [3.8, 4) is 5.69 Å². The van der Waals surface area contributed by atoms with Gasteiger partial charge in [-0.15, -0.1) is 0 Å². The Labute approximate surface area is 107 Å². The second kappa shape index (κ2) is 4.03. The molecular weight excluding hydrogens is 255 g/mol. The third-order valence-electron chi connectivity index (χ3n) is 2.56. The van der Waals surface area contributed by atoms with Gasteiger partial charge in [0.25, 0.3) is 0 Å². The molecule has 0 saturated heterocycles. The smallest absolute Gasteiger partial charge is 0.168 e. The number of rotatable bonds is 1. The Morgan fingerprint density at radius 3 is 2.61 bits per heavy atom. The first-order chi connectivity index (χ1) is 8.65. The van der Waals surface area contributed by atoms with Crippen molar-refractivity contribution in [2.24, 2.45) is 0 Å². The molecule has 0 bridgehead atoms. The monoisotopic (exact) mass is 262 g/mol. The van der Waals surface area contributed by atoms with E-state index in [0.717, 1.165) is 5.69 Å². The minimum atomic E-state index is -0.293. The minimum Gasteiger partial charge on any atom is -0.221 e. The molecule has 0 aliphatic carbocycles. The summed E-state index contributed by atoms with van der Waals surface area (Å²) in [6.07, 6.45) is 1.60. The zero-order valence-electron chi connectivity index (χ0n) is 9.43. The Balaban J connectivity index is 2.27. The van der Waals surface area contributed by atoms with E-state index in [1.165, 1.54) is 12.1 Å². The van der Waals surface area contributed by atoms with Crippen LogP contribution in [0.5, 0.6) is 0 Å². The summed E-state index contributed by atoms with van der Waals surface area (Å²) < 4.78 is 14.5. The van der Waals surface area contributed by atoms with Gasteiger partial charge in [-0.05, 0) is 31.2 Å². The van der Waals surface area contributed by atoms with Crippen LogP contribution in [-0.4, -0.2) is 19.7 Å². The van der Waals surface area contributed by atoms with E-state index in [-0.39, 0.29) is 5.82 Å². The highest BCUT2D eigenvalue weighted by Crippen LogP contribution is 2.22. The van der Waals surface area contributed by atoms with Crippen LogP contribution in [-0.2, 0) is 0 Å². The molecule has 2 heterocycles. The Kier molecular flexibility index (Phi) is 2.48. The summed E-state index contributed by atoms with van der Waals surface area (Å²) in [6.45, 7) is 1.76. The third-order valence-corrected chi connectivity index (χ3v) is 2.85. The number of hydrogen-bond acceptors (Lipinski definition) is 3. The summed E-state index contributed by atoms with van der Waals surface area (Å²) in [5.74, 6) is 0.274. The van der Waals surface area contributed by atoms with Crippen LogP contribution in [0.25, 0.3) is 16.7 Å². The lowest BCUT2D eigenvalue weighted by molar-refractivity contribution is 0.627. The first kappa shape index (κ1) is 11.1. The predicted octanol–water partition coefficient (Wildman–Crippen LogP) is 2.92. The number of hydrogen-bond donors (Lipinski definition) is 0. The van der Waals surface area contributed by atoms with Crippen LogP contribution >= 0.6 is 11.6 Å². The summed E-state index contributed by atoms with van der Waals surface area (Å²) in [5.41, 5.74) is 1.33. The molecule has 0 aliphatic rings. The molecule has 4 nitrogen and oxygen atoms in total. The average Bonchev–Trinajstić information content (AvgIpc) is 2.74. The van der Waals surface area contributed by atoms with E-state index < -0.39 is 0 Å². The lowest BCUT2D eigenvalue weighted by atomic mass is 10.3. The molecule has 0 spiro atoms. The van der Waals surface area contributed by atoms with Crippen molar-refractivity contribution in [1.82, 2.24) is 19.7 Å². The first-order valence-corrected chi connectivity index (χ1v) is 5.67. The van der Waals surface area contributed by atoms with Crippen LogP contribution in [0.2, 0.25) is 5.15 Å². The topological polar surface area (TPSA) is 43.6 Å². The van der Waals surface area contributed by atoms with E-state index in [4.69, 9.17) is 11.6 Å². The summed E-state index contributed by atoms with van der Waals surface area (Å²) in [5, 5.41) is 5.24. The van der Waals surface area contributed by atoms with Crippen LogP contribution in [0.15, 0.2) is 30.5 Å². The number of aromatic nitrogens is 4. The summed E-state index contributed by atoms with van der Waals surface area (Å²) in [6, 6.07) is 6.01. The first-order valence-electron chi connectivity index (χ1n) is 5.29. The lowest BCUT2D eigenvalue weighted by Crippen LogP contribution is -1.99. The van der Waals surface area contributed by atoms with Gasteiger partial charge >= 0.3 is 0 Å². The van der Waals surface area contributed by atoms with Crippen molar-refractivity contribution in [1.29, 1.82) is 0 Å². The van der Waals surface area contributed by atoms with Crippen molar-refractivity contribution in [2.75, 3.05) is 0 Å². The average molecular weight is 263 g/mol. The molecule has 0 fully saturated rings. The zero-order valence-corrected chi connectivity index (χ0v) is 10.2. The molecule has 90 valence electrons. The van der Waals surface area contributed by atoms with E-state index in [1.54, 1.807) is 29.9 Å². The molecule has 3 aromatic rings. The third kappa shape index (κ3) is 1.73. The highest BCUT2D eigenvalue weighted by Gasteiger charge is 2.11. The van der Waals surface area contributed by atoms with Crippen molar-refractivity contribution in [3.05, 3.63) is 47.3 Å². The number of aryl methyl sites for hydroxylation is 1. The molecule has 0 atom stereocenters. The molecule has 1 aromatic carbocycles. The van der Waals surface area contributed by atoms with E-state index in [9.17, 15) is 4.39 Å². The SMILES string of the molecule is Cc1nc(Cl)c2cnn(-c3ccc(F)cc3)c2n1. The molecule has 0 amide bonds. The molecule has 2 aromatic heterocycles. The fourth-order valence-electron chi connectivity index (χ4n) is 1.75. The summed E-state index contributed by atoms with van der Waals surface area (Å²) in [4.78, 5) is 8.37. The van der Waals surface area contributed by atoms with Crippen molar-refractivity contribution in [2.45, 2.75) is 6.92 Å². The second-order valence-corrected chi connectivity index (χ2v) is 4.19. The Hall–Kier alpha value is -2.01. The normalized spacial score (nSPS) is 11.1. The van der Waals surface area contributed by atoms with E-state index in [2.05, 4.69) is 15.1 Å². The molecule has 3 rings (SSSR count). The maximum atomic E-state index is 12.9. The van der Waals surface area contributed by atoms with Gasteiger partial charge in [0.05, 0.1) is 17.3 Å². The molecular formula is C12H8ClFN4. The molecule has 18 heavy (non-hydrogen) atoms. The summed E-state index contributed by atoms with van der Waals surface area (Å²) in [7, 11) is 0. The van der Waals surface area contributed by atoms with Crippen LogP contribution in [0.4, 0.5) is 4.39 Å². The number of nitrogens with zero attached hydrogens (tertiary/aromatic N) is 4. The largest absolute Gasteiger partial charge is 0.221 e. The quantitative estimate of drug-likeness (QED) is 0.634. The maximum absolute atomic E-state index is 12.9. The molecule has 0 unspecified atom stereocenters. The van der Waals surface area contributed by atoms with Crippen LogP contribution in [0, 0.1) is 12.7 Å². The van der Waals surface area contributed by atoms with Crippen molar-refractivity contribution in [3.63, 3.8) is 0 Å².